The van der Waals surface area contributed by atoms with Gasteiger partial charge in [-0.1, -0.05) is 0 Å². The van der Waals surface area contributed by atoms with Gasteiger partial charge in [0.25, 0.3) is 5.91 Å². The zero-order valence-corrected chi connectivity index (χ0v) is 15.0. The van der Waals surface area contributed by atoms with Crippen molar-refractivity contribution in [3.8, 4) is 17.2 Å². The highest BCUT2D eigenvalue weighted by Gasteiger charge is 2.19. The molecule has 0 aliphatic carbocycles. The Morgan fingerprint density at radius 1 is 1.07 bits per heavy atom. The fourth-order valence-corrected chi connectivity index (χ4v) is 3.10. The molecule has 0 saturated heterocycles. The molecule has 27 heavy (non-hydrogen) atoms. The molecule has 2 aromatic heterocycles. The number of nitrogens with one attached hydrogen (secondary N) is 2. The van der Waals surface area contributed by atoms with E-state index in [1.165, 1.54) is 0 Å². The maximum absolute atomic E-state index is 12.6. The topological polar surface area (TPSA) is 90.3 Å². The van der Waals surface area contributed by atoms with Crippen molar-refractivity contribution < 1.29 is 14.3 Å². The smallest absolute Gasteiger partial charge is 0.271 e. The van der Waals surface area contributed by atoms with Gasteiger partial charge in [-0.05, 0) is 38.1 Å². The molecule has 1 aromatic carbocycles. The third-order valence-electron chi connectivity index (χ3n) is 4.31. The first-order valence-electron chi connectivity index (χ1n) is 8.56. The largest absolute Gasteiger partial charge is 0.486 e. The van der Waals surface area contributed by atoms with E-state index in [0.29, 0.717) is 30.5 Å². The van der Waals surface area contributed by atoms with Gasteiger partial charge in [0, 0.05) is 35.5 Å². The number of carbonyl (C=O) groups excluding carboxylic acids is 1. The highest BCUT2D eigenvalue weighted by Crippen LogP contribution is 2.33. The quantitative estimate of drug-likeness (QED) is 0.690. The molecule has 1 aliphatic rings. The number of fused-ring (bicyclic) bond motifs is 1. The minimum Gasteiger partial charge on any atom is -0.486 e. The summed E-state index contributed by atoms with van der Waals surface area (Å²) in [5.74, 6) is 1.50. The van der Waals surface area contributed by atoms with E-state index in [-0.39, 0.29) is 5.91 Å². The Labute approximate surface area is 156 Å². The van der Waals surface area contributed by atoms with Gasteiger partial charge in [-0.25, -0.2) is 9.97 Å². The van der Waals surface area contributed by atoms with Gasteiger partial charge in [-0.2, -0.15) is 0 Å². The number of hydrogen-bond donors (Lipinski definition) is 2. The number of rotatable bonds is 4. The van der Waals surface area contributed by atoms with Crippen molar-refractivity contribution >= 4 is 11.9 Å². The number of carbonyl (C=O) groups is 1. The second kappa shape index (κ2) is 6.99. The number of amides is 1. The molecular formula is C19H19N5O3. The minimum atomic E-state index is -0.264. The van der Waals surface area contributed by atoms with Crippen molar-refractivity contribution in [2.75, 3.05) is 18.6 Å². The van der Waals surface area contributed by atoms with E-state index in [1.807, 2.05) is 42.7 Å². The Morgan fingerprint density at radius 2 is 1.81 bits per heavy atom. The molecule has 3 aromatic rings. The summed E-state index contributed by atoms with van der Waals surface area (Å²) in [4.78, 5) is 20.6. The van der Waals surface area contributed by atoms with Gasteiger partial charge < -0.3 is 14.0 Å². The van der Waals surface area contributed by atoms with E-state index in [0.717, 1.165) is 22.8 Å². The Bertz CT molecular complexity index is 985. The number of hydrazine groups is 1. The van der Waals surface area contributed by atoms with Gasteiger partial charge >= 0.3 is 0 Å². The zero-order chi connectivity index (χ0) is 18.8. The molecule has 0 fully saturated rings. The number of benzene rings is 1. The number of anilines is 1. The minimum absolute atomic E-state index is 0.264. The maximum atomic E-state index is 12.6. The number of hydrogen-bond acceptors (Lipinski definition) is 6. The lowest BCUT2D eigenvalue weighted by Crippen LogP contribution is -2.30. The molecule has 2 N–H and O–H groups in total. The van der Waals surface area contributed by atoms with E-state index in [2.05, 4.69) is 20.8 Å². The molecule has 0 unspecified atom stereocenters. The van der Waals surface area contributed by atoms with E-state index in [9.17, 15) is 4.79 Å². The van der Waals surface area contributed by atoms with Gasteiger partial charge in [0.2, 0.25) is 5.95 Å². The van der Waals surface area contributed by atoms with Crippen LogP contribution in [0.3, 0.4) is 0 Å². The van der Waals surface area contributed by atoms with Crippen molar-refractivity contribution in [3.05, 3.63) is 59.7 Å². The standard InChI is InChI=1S/C19H19N5O3/c1-12-10-15(18(25)22-23-19-20-6-3-7-21-19)13(2)24(12)14-4-5-16-17(11-14)27-9-8-26-16/h3-7,10-11H,8-9H2,1-2H3,(H,22,25)(H,20,21,23). The Balaban J connectivity index is 1.59. The van der Waals surface area contributed by atoms with Crippen LogP contribution in [0.25, 0.3) is 5.69 Å². The number of aromatic nitrogens is 3. The normalized spacial score (nSPS) is 12.5. The van der Waals surface area contributed by atoms with Crippen LogP contribution in [0.5, 0.6) is 11.5 Å². The van der Waals surface area contributed by atoms with Crippen LogP contribution in [-0.2, 0) is 0 Å². The second-order valence-electron chi connectivity index (χ2n) is 6.10. The third kappa shape index (κ3) is 3.29. The van der Waals surface area contributed by atoms with Gasteiger partial charge in [0.05, 0.1) is 5.56 Å². The Kier molecular flexibility index (Phi) is 4.37. The van der Waals surface area contributed by atoms with Crippen LogP contribution < -0.4 is 20.3 Å². The summed E-state index contributed by atoms with van der Waals surface area (Å²) in [6.45, 7) is 4.93. The predicted molar refractivity (Wildman–Crippen MR) is 99.4 cm³/mol. The molecule has 1 aliphatic heterocycles. The summed E-state index contributed by atoms with van der Waals surface area (Å²) < 4.78 is 13.2. The number of nitrogens with zero attached hydrogens (tertiary/aromatic N) is 3. The molecule has 8 nitrogen and oxygen atoms in total. The van der Waals surface area contributed by atoms with E-state index < -0.39 is 0 Å². The van der Waals surface area contributed by atoms with Gasteiger partial charge in [0.15, 0.2) is 11.5 Å². The van der Waals surface area contributed by atoms with Crippen molar-refractivity contribution in [1.82, 2.24) is 20.0 Å². The SMILES string of the molecule is Cc1cc(C(=O)NNc2ncccn2)c(C)n1-c1ccc2c(c1)OCCO2. The highest BCUT2D eigenvalue weighted by molar-refractivity contribution is 5.96. The molecule has 0 atom stereocenters. The van der Waals surface area contributed by atoms with Crippen LogP contribution in [0, 0.1) is 13.8 Å². The van der Waals surface area contributed by atoms with Crippen molar-refractivity contribution in [2.45, 2.75) is 13.8 Å². The van der Waals surface area contributed by atoms with E-state index in [4.69, 9.17) is 9.47 Å². The summed E-state index contributed by atoms with van der Waals surface area (Å²) in [5.41, 5.74) is 8.56. The lowest BCUT2D eigenvalue weighted by molar-refractivity contribution is 0.0961. The first kappa shape index (κ1) is 16.9. The van der Waals surface area contributed by atoms with E-state index >= 15 is 0 Å². The third-order valence-corrected chi connectivity index (χ3v) is 4.31. The Hall–Kier alpha value is -3.55. The van der Waals surface area contributed by atoms with Gasteiger partial charge in [-0.15, -0.1) is 0 Å². The van der Waals surface area contributed by atoms with Crippen LogP contribution in [0.2, 0.25) is 0 Å². The average molecular weight is 365 g/mol. The van der Waals surface area contributed by atoms with Crippen molar-refractivity contribution in [3.63, 3.8) is 0 Å². The van der Waals surface area contributed by atoms with Gasteiger partial charge in [-0.3, -0.25) is 15.6 Å². The number of ether oxygens (including phenoxy) is 2. The maximum Gasteiger partial charge on any atom is 0.271 e. The lowest BCUT2D eigenvalue weighted by Gasteiger charge is -2.20. The van der Waals surface area contributed by atoms with Crippen LogP contribution in [-0.4, -0.2) is 33.7 Å². The fraction of sp³-hybridized carbons (Fsp3) is 0.211. The Morgan fingerprint density at radius 3 is 2.59 bits per heavy atom. The summed E-state index contributed by atoms with van der Waals surface area (Å²) in [7, 11) is 0. The molecule has 0 bridgehead atoms. The van der Waals surface area contributed by atoms with Crippen LogP contribution in [0.4, 0.5) is 5.95 Å². The van der Waals surface area contributed by atoms with Crippen LogP contribution in [0.15, 0.2) is 42.7 Å². The molecule has 0 saturated carbocycles. The molecular weight excluding hydrogens is 346 g/mol. The first-order chi connectivity index (χ1) is 13.1. The summed E-state index contributed by atoms with van der Waals surface area (Å²) in [6.07, 6.45) is 3.18. The summed E-state index contributed by atoms with van der Waals surface area (Å²) in [5, 5.41) is 0. The molecule has 0 spiro atoms. The second-order valence-corrected chi connectivity index (χ2v) is 6.10. The van der Waals surface area contributed by atoms with Crippen molar-refractivity contribution in [1.29, 1.82) is 0 Å². The average Bonchev–Trinajstić information content (AvgIpc) is 3.00. The first-order valence-corrected chi connectivity index (χ1v) is 8.56. The zero-order valence-electron chi connectivity index (χ0n) is 15.0. The van der Waals surface area contributed by atoms with E-state index in [1.54, 1.807) is 18.5 Å². The van der Waals surface area contributed by atoms with Crippen LogP contribution in [0.1, 0.15) is 21.7 Å². The fourth-order valence-electron chi connectivity index (χ4n) is 3.10. The molecule has 8 heteroatoms. The predicted octanol–water partition coefficient (Wildman–Crippen LogP) is 2.41. The monoisotopic (exact) mass is 365 g/mol. The molecule has 3 heterocycles. The van der Waals surface area contributed by atoms with Gasteiger partial charge in [0.1, 0.15) is 13.2 Å². The molecule has 138 valence electrons. The summed E-state index contributed by atoms with van der Waals surface area (Å²) >= 11 is 0. The summed E-state index contributed by atoms with van der Waals surface area (Å²) in [6, 6.07) is 9.30. The molecule has 0 radical (unpaired) electrons. The van der Waals surface area contributed by atoms with Crippen LogP contribution >= 0.6 is 0 Å². The molecule has 1 amide bonds. The number of aryl methyl sites for hydroxylation is 1. The lowest BCUT2D eigenvalue weighted by atomic mass is 10.2. The molecule has 4 rings (SSSR count). The van der Waals surface area contributed by atoms with Crippen molar-refractivity contribution in [2.24, 2.45) is 0 Å². The highest BCUT2D eigenvalue weighted by atomic mass is 16.6.